The average Bonchev–Trinajstić information content (AvgIpc) is 3.15. The maximum Gasteiger partial charge on any atom is 0.335 e. The Kier molecular flexibility index (Phi) is 4.75. The van der Waals surface area contributed by atoms with Crippen molar-refractivity contribution in [1.82, 2.24) is 4.98 Å². The monoisotopic (exact) mass is 385 g/mol. The summed E-state index contributed by atoms with van der Waals surface area (Å²) in [4.78, 5) is 16.6. The highest BCUT2D eigenvalue weighted by atomic mass is 32.1. The summed E-state index contributed by atoms with van der Waals surface area (Å²) < 4.78 is 1.24. The summed E-state index contributed by atoms with van der Waals surface area (Å²) in [5, 5.41) is 23.2. The second-order valence-corrected chi connectivity index (χ2v) is 7.38. The first kappa shape index (κ1) is 17.7. The van der Waals surface area contributed by atoms with Crippen LogP contribution in [0.15, 0.2) is 66.9 Å². The fraction of sp³-hybridized carbons (Fsp3) is 0.0455. The van der Waals surface area contributed by atoms with Crippen molar-refractivity contribution in [2.24, 2.45) is 0 Å². The van der Waals surface area contributed by atoms with Crippen molar-refractivity contribution in [1.29, 1.82) is 5.26 Å². The normalized spacial score (nSPS) is 10.5. The number of rotatable bonds is 5. The number of fused-ring (bicyclic) bond motifs is 1. The molecule has 2 aromatic carbocycles. The first-order valence-corrected chi connectivity index (χ1v) is 9.41. The molecule has 4 rings (SSSR count). The molecule has 6 heteroatoms. The smallest absolute Gasteiger partial charge is 0.335 e. The Morgan fingerprint density at radius 2 is 2.00 bits per heavy atom. The van der Waals surface area contributed by atoms with Crippen molar-refractivity contribution < 1.29 is 9.90 Å². The molecule has 28 heavy (non-hydrogen) atoms. The SMILES string of the molecule is N#Cc1cc(-c2cc(C(=O)O)ccn2)ccc1NCc1cc2ccccc2s1. The van der Waals surface area contributed by atoms with Crippen LogP contribution in [0.4, 0.5) is 5.69 Å². The molecule has 2 N–H and O–H groups in total. The second kappa shape index (κ2) is 7.51. The van der Waals surface area contributed by atoms with Gasteiger partial charge in [-0.1, -0.05) is 24.3 Å². The molecular formula is C22H15N3O2S. The van der Waals surface area contributed by atoms with Crippen LogP contribution in [0, 0.1) is 11.3 Å². The van der Waals surface area contributed by atoms with Crippen LogP contribution in [0.1, 0.15) is 20.8 Å². The van der Waals surface area contributed by atoms with Gasteiger partial charge in [0.25, 0.3) is 0 Å². The summed E-state index contributed by atoms with van der Waals surface area (Å²) in [5.74, 6) is -1.01. The highest BCUT2D eigenvalue weighted by Crippen LogP contribution is 2.28. The lowest BCUT2D eigenvalue weighted by Gasteiger charge is -2.09. The van der Waals surface area contributed by atoms with Crippen molar-refractivity contribution in [3.8, 4) is 17.3 Å². The number of carbonyl (C=O) groups is 1. The zero-order chi connectivity index (χ0) is 19.5. The van der Waals surface area contributed by atoms with E-state index in [1.165, 1.54) is 33.3 Å². The molecule has 0 aliphatic heterocycles. The van der Waals surface area contributed by atoms with Crippen LogP contribution in [0.3, 0.4) is 0 Å². The number of carboxylic acids is 1. The van der Waals surface area contributed by atoms with Gasteiger partial charge in [0, 0.05) is 27.9 Å². The van der Waals surface area contributed by atoms with Gasteiger partial charge in [-0.05, 0) is 41.8 Å². The number of aromatic carboxylic acids is 1. The van der Waals surface area contributed by atoms with E-state index >= 15 is 0 Å². The molecule has 0 aliphatic carbocycles. The molecule has 5 nitrogen and oxygen atoms in total. The zero-order valence-corrected chi connectivity index (χ0v) is 15.5. The number of anilines is 1. The van der Waals surface area contributed by atoms with Crippen LogP contribution in [-0.2, 0) is 6.54 Å². The second-order valence-electron chi connectivity index (χ2n) is 6.21. The fourth-order valence-electron chi connectivity index (χ4n) is 2.98. The summed E-state index contributed by atoms with van der Waals surface area (Å²) >= 11 is 1.72. The maximum atomic E-state index is 11.2. The van der Waals surface area contributed by atoms with Gasteiger partial charge in [-0.3, -0.25) is 4.98 Å². The number of benzene rings is 2. The highest BCUT2D eigenvalue weighted by molar-refractivity contribution is 7.19. The van der Waals surface area contributed by atoms with Crippen molar-refractivity contribution in [2.75, 3.05) is 5.32 Å². The number of pyridine rings is 1. The average molecular weight is 385 g/mol. The van der Waals surface area contributed by atoms with E-state index in [-0.39, 0.29) is 5.56 Å². The minimum absolute atomic E-state index is 0.162. The van der Waals surface area contributed by atoms with Crippen molar-refractivity contribution in [2.45, 2.75) is 6.54 Å². The molecule has 0 saturated carbocycles. The van der Waals surface area contributed by atoms with E-state index < -0.39 is 5.97 Å². The predicted octanol–water partition coefficient (Wildman–Crippen LogP) is 5.15. The number of nitriles is 1. The molecule has 0 bridgehead atoms. The van der Waals surface area contributed by atoms with Gasteiger partial charge in [0.1, 0.15) is 6.07 Å². The minimum atomic E-state index is -1.01. The van der Waals surface area contributed by atoms with Gasteiger partial charge in [0.05, 0.1) is 22.5 Å². The molecule has 0 radical (unpaired) electrons. The fourth-order valence-corrected chi connectivity index (χ4v) is 3.98. The van der Waals surface area contributed by atoms with E-state index in [9.17, 15) is 10.1 Å². The summed E-state index contributed by atoms with van der Waals surface area (Å²) in [6.45, 7) is 0.625. The van der Waals surface area contributed by atoms with Crippen LogP contribution in [0.5, 0.6) is 0 Å². The lowest BCUT2D eigenvalue weighted by molar-refractivity contribution is 0.0697. The molecule has 0 atom stereocenters. The van der Waals surface area contributed by atoms with E-state index in [1.54, 1.807) is 17.4 Å². The summed E-state index contributed by atoms with van der Waals surface area (Å²) in [7, 11) is 0. The van der Waals surface area contributed by atoms with E-state index in [4.69, 9.17) is 5.11 Å². The Balaban J connectivity index is 1.58. The largest absolute Gasteiger partial charge is 0.478 e. The molecule has 2 aromatic heterocycles. The molecule has 0 unspecified atom stereocenters. The predicted molar refractivity (Wildman–Crippen MR) is 110 cm³/mol. The molecule has 0 amide bonds. The van der Waals surface area contributed by atoms with Crippen LogP contribution in [0.2, 0.25) is 0 Å². The summed E-state index contributed by atoms with van der Waals surface area (Å²) in [6.07, 6.45) is 1.46. The number of nitrogens with one attached hydrogen (secondary N) is 1. The lowest BCUT2D eigenvalue weighted by Crippen LogP contribution is -2.00. The molecule has 0 aliphatic rings. The number of hydrogen-bond acceptors (Lipinski definition) is 5. The highest BCUT2D eigenvalue weighted by Gasteiger charge is 2.10. The number of carboxylic acid groups (broad SMARTS) is 1. The van der Waals surface area contributed by atoms with Crippen molar-refractivity contribution in [3.63, 3.8) is 0 Å². The Bertz CT molecular complexity index is 1190. The van der Waals surface area contributed by atoms with E-state index in [2.05, 4.69) is 34.6 Å². The lowest BCUT2D eigenvalue weighted by atomic mass is 10.0. The van der Waals surface area contributed by atoms with Crippen molar-refractivity contribution in [3.05, 3.63) is 82.9 Å². The molecule has 136 valence electrons. The Morgan fingerprint density at radius 3 is 2.79 bits per heavy atom. The van der Waals surface area contributed by atoms with Crippen LogP contribution in [-0.4, -0.2) is 16.1 Å². The van der Waals surface area contributed by atoms with Crippen LogP contribution in [0.25, 0.3) is 21.3 Å². The molecule has 0 fully saturated rings. The van der Waals surface area contributed by atoms with Gasteiger partial charge in [0.15, 0.2) is 0 Å². The molecule has 0 spiro atoms. The van der Waals surface area contributed by atoms with Gasteiger partial charge in [0.2, 0.25) is 0 Å². The Labute approximate surface area is 165 Å². The van der Waals surface area contributed by atoms with Gasteiger partial charge in [-0.15, -0.1) is 11.3 Å². The quantitative estimate of drug-likeness (QED) is 0.496. The third-order valence-corrected chi connectivity index (χ3v) is 5.49. The first-order chi connectivity index (χ1) is 13.6. The first-order valence-electron chi connectivity index (χ1n) is 8.59. The molecule has 0 saturated heterocycles. The van der Waals surface area contributed by atoms with Crippen molar-refractivity contribution >= 4 is 33.1 Å². The minimum Gasteiger partial charge on any atom is -0.478 e. The summed E-state index contributed by atoms with van der Waals surface area (Å²) in [6, 6.07) is 20.9. The Hall–Kier alpha value is -3.69. The molecule has 2 heterocycles. The van der Waals surface area contributed by atoms with E-state index in [0.29, 0.717) is 23.4 Å². The van der Waals surface area contributed by atoms with Gasteiger partial charge in [-0.25, -0.2) is 4.79 Å². The third kappa shape index (κ3) is 3.56. The number of aromatic nitrogens is 1. The van der Waals surface area contributed by atoms with Crippen LogP contribution >= 0.6 is 11.3 Å². The molecule has 4 aromatic rings. The number of nitrogens with zero attached hydrogens (tertiary/aromatic N) is 2. The van der Waals surface area contributed by atoms with Crippen LogP contribution < -0.4 is 5.32 Å². The third-order valence-electron chi connectivity index (χ3n) is 4.37. The van der Waals surface area contributed by atoms with Gasteiger partial charge in [-0.2, -0.15) is 5.26 Å². The van der Waals surface area contributed by atoms with Gasteiger partial charge < -0.3 is 10.4 Å². The Morgan fingerprint density at radius 1 is 1.14 bits per heavy atom. The topological polar surface area (TPSA) is 86.0 Å². The van der Waals surface area contributed by atoms with E-state index in [1.807, 2.05) is 24.3 Å². The number of thiophene rings is 1. The molecular weight excluding hydrogens is 370 g/mol. The summed E-state index contributed by atoms with van der Waals surface area (Å²) in [5.41, 5.74) is 2.61. The van der Waals surface area contributed by atoms with Gasteiger partial charge >= 0.3 is 5.97 Å². The standard InChI is InChI=1S/C22H15N3O2S/c23-12-17-9-14(20-11-16(22(26)27)7-8-24-20)5-6-19(17)25-13-18-10-15-3-1-2-4-21(15)28-18/h1-11,25H,13H2,(H,26,27). The van der Waals surface area contributed by atoms with E-state index in [0.717, 1.165) is 5.69 Å². The maximum absolute atomic E-state index is 11.2. The number of hydrogen-bond donors (Lipinski definition) is 2. The zero-order valence-electron chi connectivity index (χ0n) is 14.7.